The van der Waals surface area contributed by atoms with E-state index < -0.39 is 17.5 Å². The van der Waals surface area contributed by atoms with E-state index in [0.717, 1.165) is 49.2 Å². The molecule has 3 atom stereocenters. The zero-order valence-corrected chi connectivity index (χ0v) is 26.0. The van der Waals surface area contributed by atoms with Crippen LogP contribution in [0.3, 0.4) is 0 Å². The van der Waals surface area contributed by atoms with Gasteiger partial charge in [-0.3, -0.25) is 9.59 Å². The lowest BCUT2D eigenvalue weighted by Crippen LogP contribution is -2.51. The molecule has 1 unspecified atom stereocenters. The number of likely N-dealkylation sites (N-methyl/N-ethyl adjacent to an activating group) is 1. The first-order valence-electron chi connectivity index (χ1n) is 15.1. The smallest absolute Gasteiger partial charge is 0.311 e. The molecule has 226 valence electrons. The number of rotatable bonds is 2. The molecule has 0 saturated heterocycles. The van der Waals surface area contributed by atoms with Crippen molar-refractivity contribution in [3.05, 3.63) is 70.3 Å². The van der Waals surface area contributed by atoms with Crippen molar-refractivity contribution in [2.45, 2.75) is 88.9 Å². The number of hydrogen-bond donors (Lipinski definition) is 1. The fourth-order valence-corrected chi connectivity index (χ4v) is 6.80. The first-order valence-corrected chi connectivity index (χ1v) is 15.5. The Balaban J connectivity index is 1.65. The zero-order chi connectivity index (χ0) is 30.1. The number of amides is 1. The van der Waals surface area contributed by atoms with Crippen molar-refractivity contribution in [3.63, 3.8) is 0 Å². The van der Waals surface area contributed by atoms with Crippen LogP contribution in [0, 0.1) is 0 Å². The Kier molecular flexibility index (Phi) is 8.91. The number of aryl methyl sites for hydroxylation is 1. The lowest BCUT2D eigenvalue weighted by Gasteiger charge is -2.44. The maximum Gasteiger partial charge on any atom is 0.311 e. The van der Waals surface area contributed by atoms with Gasteiger partial charge in [0.25, 0.3) is 0 Å². The minimum absolute atomic E-state index is 0.112. The summed E-state index contributed by atoms with van der Waals surface area (Å²) in [7, 11) is 1.72. The van der Waals surface area contributed by atoms with Crippen LogP contribution in [0.5, 0.6) is 5.75 Å². The van der Waals surface area contributed by atoms with Crippen LogP contribution in [-0.4, -0.2) is 60.5 Å². The third kappa shape index (κ3) is 6.63. The molecule has 8 heteroatoms. The van der Waals surface area contributed by atoms with Crippen LogP contribution >= 0.6 is 11.6 Å². The minimum Gasteiger partial charge on any atom is -0.490 e. The second-order valence-corrected chi connectivity index (χ2v) is 13.5. The standard InChI is InChI=1S/C34H43ClN2O5/c1-33(2,3)42-31-11-7-5-6-8-17-36(4)30(38)20-26(32(39)40)23-12-15-29-28(19-23)37(31)21-34(22-41-29)16-9-10-24-18-25(35)13-14-27(24)34/h6,8,12-15,18-19,26,31H,5,7,9-11,16-17,20-22H2,1-4H3,(H,39,40)/b8-6-/t26-,31?,34-/m0/s1. The molecule has 0 radical (unpaired) electrons. The normalized spacial score (nSPS) is 26.0. The van der Waals surface area contributed by atoms with Gasteiger partial charge in [0, 0.05) is 37.0 Å². The van der Waals surface area contributed by atoms with E-state index in [2.05, 4.69) is 43.9 Å². The molecular formula is C34H43ClN2O5. The highest BCUT2D eigenvalue weighted by Crippen LogP contribution is 2.46. The van der Waals surface area contributed by atoms with Crippen molar-refractivity contribution in [2.75, 3.05) is 31.6 Å². The van der Waals surface area contributed by atoms with Gasteiger partial charge >= 0.3 is 5.97 Å². The Morgan fingerprint density at radius 2 is 1.95 bits per heavy atom. The van der Waals surface area contributed by atoms with Crippen molar-refractivity contribution >= 4 is 29.2 Å². The van der Waals surface area contributed by atoms with Gasteiger partial charge in [0.15, 0.2) is 0 Å². The largest absolute Gasteiger partial charge is 0.490 e. The maximum atomic E-state index is 13.0. The number of carbonyl (C=O) groups excluding carboxylic acids is 1. The molecule has 5 rings (SSSR count). The summed E-state index contributed by atoms with van der Waals surface area (Å²) in [5.74, 6) is -1.49. The van der Waals surface area contributed by atoms with E-state index in [1.807, 2.05) is 24.3 Å². The Morgan fingerprint density at radius 1 is 1.14 bits per heavy atom. The predicted octanol–water partition coefficient (Wildman–Crippen LogP) is 6.71. The first-order chi connectivity index (χ1) is 20.0. The molecule has 2 bridgehead atoms. The molecule has 1 aliphatic carbocycles. The van der Waals surface area contributed by atoms with Crippen LogP contribution in [0.25, 0.3) is 0 Å². The molecule has 2 heterocycles. The molecule has 1 spiro atoms. The molecule has 3 aliphatic rings. The van der Waals surface area contributed by atoms with Gasteiger partial charge in [0.1, 0.15) is 12.0 Å². The summed E-state index contributed by atoms with van der Waals surface area (Å²) in [4.78, 5) is 29.5. The highest BCUT2D eigenvalue weighted by molar-refractivity contribution is 6.30. The van der Waals surface area contributed by atoms with Gasteiger partial charge in [0.2, 0.25) is 5.91 Å². The summed E-state index contributed by atoms with van der Waals surface area (Å²) >= 11 is 6.42. The zero-order valence-electron chi connectivity index (χ0n) is 25.2. The average molecular weight is 595 g/mol. The summed E-state index contributed by atoms with van der Waals surface area (Å²) < 4.78 is 13.4. The molecule has 0 fully saturated rings. The van der Waals surface area contributed by atoms with Crippen LogP contribution in [0.4, 0.5) is 5.69 Å². The van der Waals surface area contributed by atoms with E-state index in [1.165, 1.54) is 11.1 Å². The second kappa shape index (κ2) is 12.3. The summed E-state index contributed by atoms with van der Waals surface area (Å²) in [5, 5.41) is 11.0. The number of carboxylic acid groups (broad SMARTS) is 1. The van der Waals surface area contributed by atoms with Gasteiger partial charge in [-0.15, -0.1) is 0 Å². The number of fused-ring (bicyclic) bond motifs is 3. The van der Waals surface area contributed by atoms with Crippen molar-refractivity contribution in [3.8, 4) is 5.75 Å². The molecule has 2 aliphatic heterocycles. The Morgan fingerprint density at radius 3 is 2.71 bits per heavy atom. The van der Waals surface area contributed by atoms with E-state index in [4.69, 9.17) is 21.1 Å². The van der Waals surface area contributed by atoms with Gasteiger partial charge in [-0.2, -0.15) is 0 Å². The Hall–Kier alpha value is -3.03. The number of allylic oxidation sites excluding steroid dienone is 1. The number of halogens is 1. The predicted molar refractivity (Wildman–Crippen MR) is 166 cm³/mol. The van der Waals surface area contributed by atoms with Crippen molar-refractivity contribution in [1.82, 2.24) is 4.90 Å². The lowest BCUT2D eigenvalue weighted by molar-refractivity contribution is -0.142. The van der Waals surface area contributed by atoms with Crippen LogP contribution < -0.4 is 9.64 Å². The van der Waals surface area contributed by atoms with Gasteiger partial charge in [-0.25, -0.2) is 0 Å². The third-order valence-electron chi connectivity index (χ3n) is 8.72. The number of hydrogen-bond acceptors (Lipinski definition) is 5. The lowest BCUT2D eigenvalue weighted by atomic mass is 9.70. The van der Waals surface area contributed by atoms with E-state index >= 15 is 0 Å². The molecular weight excluding hydrogens is 552 g/mol. The molecule has 0 aromatic heterocycles. The molecule has 2 aromatic carbocycles. The van der Waals surface area contributed by atoms with Crippen LogP contribution in [0.15, 0.2) is 48.6 Å². The Bertz CT molecular complexity index is 1350. The summed E-state index contributed by atoms with van der Waals surface area (Å²) in [6.45, 7) is 7.83. The molecule has 1 N–H and O–H groups in total. The number of carbonyl (C=O) groups is 2. The number of nitrogens with zero attached hydrogens (tertiary/aromatic N) is 2. The third-order valence-corrected chi connectivity index (χ3v) is 8.95. The van der Waals surface area contributed by atoms with E-state index in [0.29, 0.717) is 31.0 Å². The maximum absolute atomic E-state index is 13.0. The van der Waals surface area contributed by atoms with Crippen LogP contribution in [-0.2, 0) is 26.2 Å². The summed E-state index contributed by atoms with van der Waals surface area (Å²) in [5.41, 5.74) is 3.23. The first kappa shape index (κ1) is 30.4. The van der Waals surface area contributed by atoms with E-state index in [9.17, 15) is 14.7 Å². The quantitative estimate of drug-likeness (QED) is 0.389. The number of ether oxygens (including phenoxy) is 2. The van der Waals surface area contributed by atoms with E-state index in [1.54, 1.807) is 18.0 Å². The average Bonchev–Trinajstić information content (AvgIpc) is 3.08. The monoisotopic (exact) mass is 594 g/mol. The topological polar surface area (TPSA) is 79.3 Å². The van der Waals surface area contributed by atoms with Crippen molar-refractivity contribution in [1.29, 1.82) is 0 Å². The molecule has 1 amide bonds. The van der Waals surface area contributed by atoms with Gasteiger partial charge in [-0.1, -0.05) is 35.9 Å². The number of benzene rings is 2. The van der Waals surface area contributed by atoms with Gasteiger partial charge in [0.05, 0.1) is 23.8 Å². The molecule has 0 saturated carbocycles. The Labute approximate surface area is 254 Å². The van der Waals surface area contributed by atoms with E-state index in [-0.39, 0.29) is 24.0 Å². The fourth-order valence-electron chi connectivity index (χ4n) is 6.61. The summed E-state index contributed by atoms with van der Waals surface area (Å²) in [6.07, 6.45) is 9.22. The number of carboxylic acids is 1. The fraction of sp³-hybridized carbons (Fsp3) is 0.529. The highest BCUT2D eigenvalue weighted by atomic mass is 35.5. The second-order valence-electron chi connectivity index (χ2n) is 13.0. The number of anilines is 1. The van der Waals surface area contributed by atoms with Crippen LogP contribution in [0.2, 0.25) is 5.02 Å². The molecule has 42 heavy (non-hydrogen) atoms. The van der Waals surface area contributed by atoms with Crippen molar-refractivity contribution in [2.24, 2.45) is 0 Å². The molecule has 7 nitrogen and oxygen atoms in total. The van der Waals surface area contributed by atoms with Gasteiger partial charge < -0.3 is 24.4 Å². The van der Waals surface area contributed by atoms with Gasteiger partial charge in [-0.05, 0) is 100 Å². The minimum atomic E-state index is -1.02. The molecule has 2 aromatic rings. The highest BCUT2D eigenvalue weighted by Gasteiger charge is 2.44. The van der Waals surface area contributed by atoms with Crippen LogP contribution in [0.1, 0.15) is 81.9 Å². The number of aliphatic carboxylic acids is 1. The van der Waals surface area contributed by atoms with Crippen molar-refractivity contribution < 1.29 is 24.2 Å². The SMILES string of the molecule is CN1C/C=C\CCCC(OC(C)(C)C)N2C[C@@]3(CCCc4cc(Cl)ccc43)COc3ccc(cc32)[C@@H](C(=O)O)CC1=O. The summed E-state index contributed by atoms with van der Waals surface area (Å²) in [6, 6.07) is 11.8.